The highest BCUT2D eigenvalue weighted by Crippen LogP contribution is 2.38. The Kier molecular flexibility index (Phi) is 5.20. The first-order valence-corrected chi connectivity index (χ1v) is 11.2. The number of fused-ring (bicyclic) bond motifs is 1. The molecule has 0 bridgehead atoms. The van der Waals surface area contributed by atoms with Gasteiger partial charge >= 0.3 is 0 Å². The molecule has 1 saturated carbocycles. The lowest BCUT2D eigenvalue weighted by Crippen LogP contribution is -2.45. The fourth-order valence-corrected chi connectivity index (χ4v) is 6.41. The zero-order valence-corrected chi connectivity index (χ0v) is 16.7. The monoisotopic (exact) mass is 389 g/mol. The lowest BCUT2D eigenvalue weighted by atomic mass is 9.96. The van der Waals surface area contributed by atoms with Gasteiger partial charge in [-0.15, -0.1) is 0 Å². The maximum Gasteiger partial charge on any atom is 0.221 e. The van der Waals surface area contributed by atoms with Gasteiger partial charge in [0.1, 0.15) is 5.25 Å². The molecule has 6 nitrogen and oxygen atoms in total. The lowest BCUT2D eigenvalue weighted by Gasteiger charge is -2.33. The number of para-hydroxylation sites is 1. The van der Waals surface area contributed by atoms with E-state index in [1.807, 2.05) is 37.4 Å². The van der Waals surface area contributed by atoms with Crippen LogP contribution in [0.15, 0.2) is 36.5 Å². The van der Waals surface area contributed by atoms with Gasteiger partial charge in [0.15, 0.2) is 0 Å². The summed E-state index contributed by atoms with van der Waals surface area (Å²) < 4.78 is 28.6. The maximum atomic E-state index is 13.5. The summed E-state index contributed by atoms with van der Waals surface area (Å²) in [5.41, 5.74) is 1.82. The van der Waals surface area contributed by atoms with Gasteiger partial charge in [-0.1, -0.05) is 37.5 Å². The van der Waals surface area contributed by atoms with Gasteiger partial charge in [-0.2, -0.15) is 5.06 Å². The maximum absolute atomic E-state index is 13.5. The molecule has 1 saturated heterocycles. The van der Waals surface area contributed by atoms with Crippen LogP contribution in [0.5, 0.6) is 0 Å². The molecule has 2 aliphatic rings. The first-order valence-electron chi connectivity index (χ1n) is 9.66. The van der Waals surface area contributed by atoms with E-state index in [1.165, 1.54) is 6.42 Å². The average molecular weight is 390 g/mol. The third-order valence-electron chi connectivity index (χ3n) is 6.06. The Morgan fingerprint density at radius 2 is 1.89 bits per heavy atom. The number of sulfonamides is 1. The number of rotatable bonds is 4. The quantitative estimate of drug-likeness (QED) is 0.804. The predicted molar refractivity (Wildman–Crippen MR) is 106 cm³/mol. The minimum Gasteiger partial charge on any atom is -0.297 e. The van der Waals surface area contributed by atoms with Gasteiger partial charge in [-0.3, -0.25) is 9.82 Å². The number of hydrogen-bond donors (Lipinski definition) is 0. The van der Waals surface area contributed by atoms with Gasteiger partial charge in [0.2, 0.25) is 10.0 Å². The molecule has 2 heterocycles. The summed E-state index contributed by atoms with van der Waals surface area (Å²) in [6, 6.07) is 9.52. The Morgan fingerprint density at radius 1 is 1.15 bits per heavy atom. The molecule has 2 unspecified atom stereocenters. The zero-order chi connectivity index (χ0) is 19.0. The van der Waals surface area contributed by atoms with Crippen LogP contribution in [0, 0.1) is 0 Å². The van der Waals surface area contributed by atoms with E-state index < -0.39 is 15.3 Å². The van der Waals surface area contributed by atoms with E-state index >= 15 is 0 Å². The van der Waals surface area contributed by atoms with Crippen molar-refractivity contribution in [2.24, 2.45) is 0 Å². The van der Waals surface area contributed by atoms with E-state index in [-0.39, 0.29) is 18.7 Å². The van der Waals surface area contributed by atoms with Gasteiger partial charge in [0.05, 0.1) is 18.2 Å². The van der Waals surface area contributed by atoms with Crippen molar-refractivity contribution in [2.75, 3.05) is 20.7 Å². The summed E-state index contributed by atoms with van der Waals surface area (Å²) >= 11 is 0. The molecule has 2 fully saturated rings. The van der Waals surface area contributed by atoms with Crippen LogP contribution in [0.4, 0.5) is 0 Å². The smallest absolute Gasteiger partial charge is 0.221 e. The highest BCUT2D eigenvalue weighted by atomic mass is 32.2. The van der Waals surface area contributed by atoms with Crippen molar-refractivity contribution in [1.29, 1.82) is 0 Å². The molecule has 27 heavy (non-hydrogen) atoms. The average Bonchev–Trinajstić information content (AvgIpc) is 3.09. The fourth-order valence-electron chi connectivity index (χ4n) is 4.48. The lowest BCUT2D eigenvalue weighted by molar-refractivity contribution is -0.110. The van der Waals surface area contributed by atoms with E-state index in [2.05, 4.69) is 4.98 Å². The molecule has 0 amide bonds. The third kappa shape index (κ3) is 3.38. The molecule has 146 valence electrons. The third-order valence-corrected chi connectivity index (χ3v) is 8.32. The van der Waals surface area contributed by atoms with Crippen LogP contribution in [0.25, 0.3) is 10.9 Å². The molecule has 1 aromatic heterocycles. The van der Waals surface area contributed by atoms with E-state index in [4.69, 9.17) is 4.84 Å². The van der Waals surface area contributed by atoms with Crippen molar-refractivity contribution in [2.45, 2.75) is 49.4 Å². The van der Waals surface area contributed by atoms with Gasteiger partial charge in [0, 0.05) is 31.7 Å². The fraction of sp³-hybridized carbons (Fsp3) is 0.550. The van der Waals surface area contributed by atoms with Crippen LogP contribution in [0.1, 0.15) is 43.7 Å². The summed E-state index contributed by atoms with van der Waals surface area (Å²) in [6.45, 7) is 0.178. The number of nitrogens with zero attached hydrogens (tertiary/aromatic N) is 3. The van der Waals surface area contributed by atoms with Crippen LogP contribution >= 0.6 is 0 Å². The largest absolute Gasteiger partial charge is 0.297 e. The summed E-state index contributed by atoms with van der Waals surface area (Å²) in [4.78, 5) is 10.1. The Balaban J connectivity index is 1.71. The Hall–Kier alpha value is -1.54. The summed E-state index contributed by atoms with van der Waals surface area (Å²) in [5, 5.41) is 2.04. The molecule has 1 aliphatic carbocycles. The van der Waals surface area contributed by atoms with Crippen molar-refractivity contribution >= 4 is 20.9 Å². The molecule has 2 atom stereocenters. The minimum absolute atomic E-state index is 0.101. The number of pyridine rings is 1. The molecule has 0 N–H and O–H groups in total. The predicted octanol–water partition coefficient (Wildman–Crippen LogP) is 3.12. The van der Waals surface area contributed by atoms with Crippen LogP contribution in [-0.2, 0) is 14.9 Å². The van der Waals surface area contributed by atoms with E-state index in [0.29, 0.717) is 0 Å². The van der Waals surface area contributed by atoms with Crippen molar-refractivity contribution in [3.63, 3.8) is 0 Å². The first kappa shape index (κ1) is 18.8. The number of hydroxylamine groups is 2. The Labute approximate surface area is 161 Å². The van der Waals surface area contributed by atoms with Crippen LogP contribution in [-0.4, -0.2) is 54.8 Å². The molecule has 7 heteroatoms. The number of aromatic nitrogens is 1. The topological polar surface area (TPSA) is 62.7 Å². The van der Waals surface area contributed by atoms with E-state index in [9.17, 15) is 8.42 Å². The molecule has 1 aliphatic heterocycles. The minimum atomic E-state index is -3.49. The summed E-state index contributed by atoms with van der Waals surface area (Å²) in [5.74, 6) is 0. The highest BCUT2D eigenvalue weighted by Gasteiger charge is 2.46. The molecular weight excluding hydrogens is 362 g/mol. The zero-order valence-electron chi connectivity index (χ0n) is 15.9. The summed E-state index contributed by atoms with van der Waals surface area (Å²) in [6.07, 6.45) is 7.04. The standard InChI is InChI=1S/C20H27N3O3S/c1-22-20(17-12-13-21-18-11-7-6-10-16(17)18)19(14-26-22)27(24,25)23(2)15-8-4-3-5-9-15/h6-7,10-13,15,19-20H,3-5,8-9,14H2,1-2H3. The molecule has 0 spiro atoms. The Morgan fingerprint density at radius 3 is 2.67 bits per heavy atom. The second-order valence-electron chi connectivity index (χ2n) is 7.60. The van der Waals surface area contributed by atoms with Crippen molar-refractivity contribution in [3.05, 3.63) is 42.1 Å². The van der Waals surface area contributed by atoms with Gasteiger partial charge in [0.25, 0.3) is 0 Å². The molecule has 2 aromatic rings. The first-order chi connectivity index (χ1) is 13.0. The van der Waals surface area contributed by atoms with Crippen LogP contribution < -0.4 is 0 Å². The Bertz CT molecular complexity index is 906. The van der Waals surface area contributed by atoms with Crippen molar-refractivity contribution in [1.82, 2.24) is 14.4 Å². The van der Waals surface area contributed by atoms with Crippen LogP contribution in [0.3, 0.4) is 0 Å². The molecule has 4 rings (SSSR count). The number of hydrogen-bond acceptors (Lipinski definition) is 5. The number of benzene rings is 1. The van der Waals surface area contributed by atoms with Gasteiger partial charge in [-0.25, -0.2) is 12.7 Å². The highest BCUT2D eigenvalue weighted by molar-refractivity contribution is 7.89. The molecular formula is C20H27N3O3S. The van der Waals surface area contributed by atoms with Crippen LogP contribution in [0.2, 0.25) is 0 Å². The molecule has 1 aromatic carbocycles. The van der Waals surface area contributed by atoms with Gasteiger partial charge < -0.3 is 0 Å². The second kappa shape index (κ2) is 7.47. The van der Waals surface area contributed by atoms with Crippen molar-refractivity contribution in [3.8, 4) is 0 Å². The summed E-state index contributed by atoms with van der Waals surface area (Å²) in [7, 11) is 0.0659. The van der Waals surface area contributed by atoms with Gasteiger partial charge in [-0.05, 0) is 30.5 Å². The van der Waals surface area contributed by atoms with Crippen molar-refractivity contribution < 1.29 is 13.3 Å². The second-order valence-corrected chi connectivity index (χ2v) is 9.81. The van der Waals surface area contributed by atoms with E-state index in [0.717, 1.165) is 42.1 Å². The van der Waals surface area contributed by atoms with E-state index in [1.54, 1.807) is 22.6 Å². The SMILES string of the molecule is CN1OCC(S(=O)(=O)N(C)C2CCCCC2)C1c1ccnc2ccccc12. The molecule has 0 radical (unpaired) electrons. The normalized spacial score (nSPS) is 25.4.